The van der Waals surface area contributed by atoms with E-state index >= 15 is 0 Å². The summed E-state index contributed by atoms with van der Waals surface area (Å²) >= 11 is 0. The molecule has 0 heterocycles. The van der Waals surface area contributed by atoms with Gasteiger partial charge >= 0.3 is 0 Å². The van der Waals surface area contributed by atoms with Crippen LogP contribution in [-0.4, -0.2) is 23.7 Å². The predicted molar refractivity (Wildman–Crippen MR) is 65.0 cm³/mol. The maximum atomic E-state index is 11.7. The first-order valence-electron chi connectivity index (χ1n) is 6.61. The molecule has 1 rings (SSSR count). The predicted octanol–water partition coefficient (Wildman–Crippen LogP) is 2.09. The molecule has 2 N–H and O–H groups in total. The number of nitrogens with one attached hydrogen (secondary N) is 1. The zero-order valence-corrected chi connectivity index (χ0v) is 10.5. The van der Waals surface area contributed by atoms with Crippen LogP contribution in [0.1, 0.15) is 52.4 Å². The fourth-order valence-electron chi connectivity index (χ4n) is 2.40. The van der Waals surface area contributed by atoms with E-state index in [9.17, 15) is 9.90 Å². The van der Waals surface area contributed by atoms with E-state index in [1.807, 2.05) is 6.92 Å². The number of aliphatic hydroxyl groups is 1. The highest BCUT2D eigenvalue weighted by atomic mass is 16.3. The average Bonchev–Trinajstić information content (AvgIpc) is 2.28. The molecule has 1 fully saturated rings. The highest BCUT2D eigenvalue weighted by molar-refractivity contribution is 5.78. The summed E-state index contributed by atoms with van der Waals surface area (Å²) < 4.78 is 0. The molecule has 16 heavy (non-hydrogen) atoms. The van der Waals surface area contributed by atoms with Crippen LogP contribution in [-0.2, 0) is 4.79 Å². The molecule has 3 nitrogen and oxygen atoms in total. The number of carbonyl (C=O) groups excluding carboxylic acids is 1. The highest BCUT2D eigenvalue weighted by Crippen LogP contribution is 2.23. The van der Waals surface area contributed by atoms with Crippen molar-refractivity contribution in [3.63, 3.8) is 0 Å². The van der Waals surface area contributed by atoms with Gasteiger partial charge in [0.2, 0.25) is 5.91 Å². The largest absolute Gasteiger partial charge is 0.393 e. The van der Waals surface area contributed by atoms with Gasteiger partial charge in [-0.25, -0.2) is 0 Å². The van der Waals surface area contributed by atoms with Crippen LogP contribution in [0.2, 0.25) is 0 Å². The molecule has 1 aliphatic carbocycles. The summed E-state index contributed by atoms with van der Waals surface area (Å²) in [6.45, 7) is 4.71. The Morgan fingerprint density at radius 1 is 1.44 bits per heavy atom. The Labute approximate surface area is 98.6 Å². The summed E-state index contributed by atoms with van der Waals surface area (Å²) in [7, 11) is 0. The van der Waals surface area contributed by atoms with Crippen molar-refractivity contribution in [1.29, 1.82) is 0 Å². The van der Waals surface area contributed by atoms with E-state index in [1.54, 1.807) is 0 Å². The highest BCUT2D eigenvalue weighted by Gasteiger charge is 2.23. The maximum absolute atomic E-state index is 11.7. The van der Waals surface area contributed by atoms with Crippen LogP contribution in [0.15, 0.2) is 0 Å². The van der Waals surface area contributed by atoms with E-state index in [0.29, 0.717) is 6.54 Å². The molecule has 0 saturated heterocycles. The molecule has 0 aromatic carbocycles. The number of carbonyl (C=O) groups is 1. The number of hydrogen-bond acceptors (Lipinski definition) is 2. The maximum Gasteiger partial charge on any atom is 0.222 e. The lowest BCUT2D eigenvalue weighted by atomic mass is 9.86. The van der Waals surface area contributed by atoms with Crippen molar-refractivity contribution in [1.82, 2.24) is 5.32 Å². The van der Waals surface area contributed by atoms with Crippen LogP contribution in [0.25, 0.3) is 0 Å². The second kappa shape index (κ2) is 6.89. The topological polar surface area (TPSA) is 49.3 Å². The van der Waals surface area contributed by atoms with Gasteiger partial charge in [0.25, 0.3) is 0 Å². The first-order chi connectivity index (χ1) is 7.65. The fourth-order valence-corrected chi connectivity index (χ4v) is 2.40. The average molecular weight is 227 g/mol. The minimum atomic E-state index is -0.212. The molecule has 0 aromatic rings. The van der Waals surface area contributed by atoms with Crippen molar-refractivity contribution in [2.24, 2.45) is 11.8 Å². The van der Waals surface area contributed by atoms with E-state index < -0.39 is 0 Å². The van der Waals surface area contributed by atoms with Gasteiger partial charge < -0.3 is 10.4 Å². The molecule has 1 saturated carbocycles. The first kappa shape index (κ1) is 13.5. The monoisotopic (exact) mass is 227 g/mol. The zero-order chi connectivity index (χ0) is 12.0. The van der Waals surface area contributed by atoms with Gasteiger partial charge in [-0.05, 0) is 19.3 Å². The Morgan fingerprint density at radius 2 is 2.12 bits per heavy atom. The van der Waals surface area contributed by atoms with Crippen LogP contribution in [0.4, 0.5) is 0 Å². The number of rotatable bonds is 5. The molecule has 1 amide bonds. The van der Waals surface area contributed by atoms with Gasteiger partial charge in [-0.3, -0.25) is 4.79 Å². The summed E-state index contributed by atoms with van der Waals surface area (Å²) in [5.74, 6) is 0.511. The molecule has 3 unspecified atom stereocenters. The summed E-state index contributed by atoms with van der Waals surface area (Å²) in [6.07, 6.45) is 6.02. The molecule has 0 aromatic heterocycles. The first-order valence-corrected chi connectivity index (χ1v) is 6.61. The molecule has 0 aliphatic heterocycles. The minimum absolute atomic E-state index is 0.103. The van der Waals surface area contributed by atoms with E-state index in [-0.39, 0.29) is 23.8 Å². The smallest absolute Gasteiger partial charge is 0.222 e. The Kier molecular flexibility index (Phi) is 5.81. The quantitative estimate of drug-likeness (QED) is 0.755. The van der Waals surface area contributed by atoms with Crippen LogP contribution in [0.5, 0.6) is 0 Å². The Bertz CT molecular complexity index is 218. The molecule has 0 spiro atoms. The van der Waals surface area contributed by atoms with Gasteiger partial charge in [0.05, 0.1) is 6.10 Å². The van der Waals surface area contributed by atoms with Crippen molar-refractivity contribution < 1.29 is 9.90 Å². The van der Waals surface area contributed by atoms with Crippen LogP contribution < -0.4 is 5.32 Å². The third-order valence-corrected chi connectivity index (χ3v) is 3.58. The molecule has 0 bridgehead atoms. The normalized spacial score (nSPS) is 27.4. The Balaban J connectivity index is 2.24. The van der Waals surface area contributed by atoms with Crippen LogP contribution >= 0.6 is 0 Å². The van der Waals surface area contributed by atoms with Gasteiger partial charge in [-0.1, -0.05) is 33.1 Å². The third-order valence-electron chi connectivity index (χ3n) is 3.58. The molecule has 3 atom stereocenters. The number of hydrogen-bond donors (Lipinski definition) is 2. The molecule has 94 valence electrons. The standard InChI is InChI=1S/C13H25NO2/c1-3-6-10(2)13(16)14-9-11-7-4-5-8-12(11)15/h10-12,15H,3-9H2,1-2H3,(H,14,16). The van der Waals surface area contributed by atoms with Crippen LogP contribution in [0, 0.1) is 11.8 Å². The summed E-state index contributed by atoms with van der Waals surface area (Å²) in [6, 6.07) is 0. The third kappa shape index (κ3) is 4.12. The van der Waals surface area contributed by atoms with E-state index in [4.69, 9.17) is 0 Å². The van der Waals surface area contributed by atoms with E-state index in [0.717, 1.165) is 32.1 Å². The van der Waals surface area contributed by atoms with Gasteiger partial charge in [-0.2, -0.15) is 0 Å². The van der Waals surface area contributed by atoms with Crippen molar-refractivity contribution in [2.75, 3.05) is 6.54 Å². The van der Waals surface area contributed by atoms with Crippen molar-refractivity contribution >= 4 is 5.91 Å². The van der Waals surface area contributed by atoms with Gasteiger partial charge in [0.1, 0.15) is 0 Å². The van der Waals surface area contributed by atoms with Crippen LogP contribution in [0.3, 0.4) is 0 Å². The Morgan fingerprint density at radius 3 is 2.75 bits per heavy atom. The molecular weight excluding hydrogens is 202 g/mol. The lowest BCUT2D eigenvalue weighted by Gasteiger charge is -2.28. The van der Waals surface area contributed by atoms with E-state index in [2.05, 4.69) is 12.2 Å². The van der Waals surface area contributed by atoms with Crippen molar-refractivity contribution in [3.8, 4) is 0 Å². The van der Waals surface area contributed by atoms with Gasteiger partial charge in [-0.15, -0.1) is 0 Å². The molecule has 3 heteroatoms. The zero-order valence-electron chi connectivity index (χ0n) is 10.5. The van der Waals surface area contributed by atoms with E-state index in [1.165, 1.54) is 6.42 Å². The number of aliphatic hydroxyl groups excluding tert-OH is 1. The second-order valence-electron chi connectivity index (χ2n) is 5.05. The molecule has 0 radical (unpaired) electrons. The number of amides is 1. The SMILES string of the molecule is CCCC(C)C(=O)NCC1CCCCC1O. The summed E-state index contributed by atoms with van der Waals surface area (Å²) in [4.78, 5) is 11.7. The lowest BCUT2D eigenvalue weighted by molar-refractivity contribution is -0.125. The summed E-state index contributed by atoms with van der Waals surface area (Å²) in [5, 5.41) is 12.7. The van der Waals surface area contributed by atoms with Gasteiger partial charge in [0, 0.05) is 18.4 Å². The molecular formula is C13H25NO2. The van der Waals surface area contributed by atoms with Gasteiger partial charge in [0.15, 0.2) is 0 Å². The Hall–Kier alpha value is -0.570. The fraction of sp³-hybridized carbons (Fsp3) is 0.923. The van der Waals surface area contributed by atoms with Crippen molar-refractivity contribution in [2.45, 2.75) is 58.5 Å². The lowest BCUT2D eigenvalue weighted by Crippen LogP contribution is -2.38. The molecule has 1 aliphatic rings. The minimum Gasteiger partial charge on any atom is -0.393 e. The summed E-state index contributed by atoms with van der Waals surface area (Å²) in [5.41, 5.74) is 0. The second-order valence-corrected chi connectivity index (χ2v) is 5.05. The van der Waals surface area contributed by atoms with Crippen molar-refractivity contribution in [3.05, 3.63) is 0 Å².